The Kier molecular flexibility index (Phi) is 2.95. The molecule has 2 aromatic rings. The molecule has 0 aliphatic rings. The Hall–Kier alpha value is -1.77. The zero-order valence-electron chi connectivity index (χ0n) is 9.77. The Balaban J connectivity index is 2.34. The van der Waals surface area contributed by atoms with E-state index in [1.807, 2.05) is 25.5 Å². The number of nitrogens with two attached hydrogens (primary N) is 1. The number of anilines is 1. The molecular formula is C13H17N3. The van der Waals surface area contributed by atoms with Gasteiger partial charge in [-0.05, 0) is 23.6 Å². The Bertz CT molecular complexity index is 486. The third-order valence-electron chi connectivity index (χ3n) is 2.70. The minimum absolute atomic E-state index is 0.878. The summed E-state index contributed by atoms with van der Waals surface area (Å²) >= 11 is 0. The van der Waals surface area contributed by atoms with Crippen molar-refractivity contribution in [2.75, 3.05) is 5.73 Å². The van der Waals surface area contributed by atoms with Gasteiger partial charge in [0, 0.05) is 24.5 Å². The molecule has 2 N–H and O–H groups in total. The van der Waals surface area contributed by atoms with Crippen LogP contribution >= 0.6 is 0 Å². The van der Waals surface area contributed by atoms with Crippen molar-refractivity contribution in [2.45, 2.75) is 19.8 Å². The highest BCUT2D eigenvalue weighted by Crippen LogP contribution is 2.24. The molecule has 0 aliphatic heterocycles. The topological polar surface area (TPSA) is 43.8 Å². The number of nitrogens with zero attached hydrogens (tertiary/aromatic N) is 2. The van der Waals surface area contributed by atoms with Crippen LogP contribution in [0.25, 0.3) is 11.1 Å². The second kappa shape index (κ2) is 4.39. The van der Waals surface area contributed by atoms with E-state index in [4.69, 9.17) is 5.73 Å². The molecule has 0 atom stereocenters. The van der Waals surface area contributed by atoms with E-state index in [9.17, 15) is 0 Å². The van der Waals surface area contributed by atoms with E-state index < -0.39 is 0 Å². The van der Waals surface area contributed by atoms with Crippen molar-refractivity contribution in [3.05, 3.63) is 36.2 Å². The van der Waals surface area contributed by atoms with Crippen LogP contribution in [0.5, 0.6) is 0 Å². The zero-order chi connectivity index (χ0) is 11.5. The molecule has 3 heteroatoms. The van der Waals surface area contributed by atoms with E-state index in [0.717, 1.165) is 29.7 Å². The van der Waals surface area contributed by atoms with Gasteiger partial charge >= 0.3 is 0 Å². The van der Waals surface area contributed by atoms with E-state index in [-0.39, 0.29) is 0 Å². The highest BCUT2D eigenvalue weighted by atomic mass is 15.2. The van der Waals surface area contributed by atoms with E-state index in [1.54, 1.807) is 4.68 Å². The lowest BCUT2D eigenvalue weighted by molar-refractivity contribution is 0.768. The summed E-state index contributed by atoms with van der Waals surface area (Å²) in [6.07, 6.45) is 6.01. The Morgan fingerprint density at radius 2 is 2.12 bits per heavy atom. The number of aromatic nitrogens is 2. The van der Waals surface area contributed by atoms with Crippen LogP contribution < -0.4 is 5.73 Å². The van der Waals surface area contributed by atoms with Crippen LogP contribution in [0, 0.1) is 0 Å². The molecule has 1 aromatic carbocycles. The lowest BCUT2D eigenvalue weighted by atomic mass is 10.0. The molecule has 84 valence electrons. The van der Waals surface area contributed by atoms with Gasteiger partial charge < -0.3 is 5.73 Å². The summed E-state index contributed by atoms with van der Waals surface area (Å²) in [6, 6.07) is 6.25. The fourth-order valence-corrected chi connectivity index (χ4v) is 1.84. The molecule has 2 rings (SSSR count). The van der Waals surface area contributed by atoms with E-state index >= 15 is 0 Å². The van der Waals surface area contributed by atoms with Gasteiger partial charge in [0.1, 0.15) is 0 Å². The maximum absolute atomic E-state index is 6.02. The van der Waals surface area contributed by atoms with E-state index in [1.165, 1.54) is 5.56 Å². The van der Waals surface area contributed by atoms with Crippen LogP contribution in [-0.4, -0.2) is 9.78 Å². The molecule has 0 aliphatic carbocycles. The van der Waals surface area contributed by atoms with Gasteiger partial charge in [0.2, 0.25) is 0 Å². The molecule has 0 bridgehead atoms. The van der Waals surface area contributed by atoms with Crippen LogP contribution in [0.3, 0.4) is 0 Å². The lowest BCUT2D eigenvalue weighted by Gasteiger charge is -2.06. The fraction of sp³-hybridized carbons (Fsp3) is 0.308. The molecular weight excluding hydrogens is 198 g/mol. The zero-order valence-corrected chi connectivity index (χ0v) is 9.77. The standard InChI is InChI=1S/C13H17N3/c1-3-4-10-5-6-11(7-13(10)14)12-8-15-16(2)9-12/h5-9H,3-4,14H2,1-2H3. The fourth-order valence-electron chi connectivity index (χ4n) is 1.84. The van der Waals surface area contributed by atoms with Crippen LogP contribution in [-0.2, 0) is 13.5 Å². The summed E-state index contributed by atoms with van der Waals surface area (Å²) in [4.78, 5) is 0. The number of hydrogen-bond acceptors (Lipinski definition) is 2. The number of nitrogen functional groups attached to an aromatic ring is 1. The highest BCUT2D eigenvalue weighted by molar-refractivity contribution is 5.67. The number of hydrogen-bond donors (Lipinski definition) is 1. The minimum atomic E-state index is 0.878. The van der Waals surface area contributed by atoms with Gasteiger partial charge in [0.05, 0.1) is 6.20 Å². The SMILES string of the molecule is CCCc1ccc(-c2cnn(C)c2)cc1N. The first-order chi connectivity index (χ1) is 7.70. The lowest BCUT2D eigenvalue weighted by Crippen LogP contribution is -1.94. The molecule has 16 heavy (non-hydrogen) atoms. The third-order valence-corrected chi connectivity index (χ3v) is 2.70. The highest BCUT2D eigenvalue weighted by Gasteiger charge is 2.03. The Labute approximate surface area is 95.9 Å². The number of aryl methyl sites for hydroxylation is 2. The maximum Gasteiger partial charge on any atom is 0.0568 e. The van der Waals surface area contributed by atoms with Crippen molar-refractivity contribution < 1.29 is 0 Å². The van der Waals surface area contributed by atoms with Crippen LogP contribution in [0.1, 0.15) is 18.9 Å². The first-order valence-corrected chi connectivity index (χ1v) is 5.58. The van der Waals surface area contributed by atoms with Crippen molar-refractivity contribution >= 4 is 5.69 Å². The minimum Gasteiger partial charge on any atom is -0.398 e. The molecule has 1 aromatic heterocycles. The van der Waals surface area contributed by atoms with Crippen LogP contribution in [0.2, 0.25) is 0 Å². The van der Waals surface area contributed by atoms with Gasteiger partial charge in [-0.3, -0.25) is 4.68 Å². The van der Waals surface area contributed by atoms with Crippen molar-refractivity contribution in [3.63, 3.8) is 0 Å². The van der Waals surface area contributed by atoms with E-state index in [0.29, 0.717) is 0 Å². The largest absolute Gasteiger partial charge is 0.398 e. The predicted octanol–water partition coefficient (Wildman–Crippen LogP) is 2.62. The Morgan fingerprint density at radius 3 is 2.69 bits per heavy atom. The van der Waals surface area contributed by atoms with Gasteiger partial charge in [-0.25, -0.2) is 0 Å². The van der Waals surface area contributed by atoms with Crippen molar-refractivity contribution in [2.24, 2.45) is 7.05 Å². The van der Waals surface area contributed by atoms with Crippen molar-refractivity contribution in [1.82, 2.24) is 9.78 Å². The Morgan fingerprint density at radius 1 is 1.31 bits per heavy atom. The summed E-state index contributed by atoms with van der Waals surface area (Å²) in [5.41, 5.74) is 10.4. The summed E-state index contributed by atoms with van der Waals surface area (Å²) in [7, 11) is 1.91. The number of rotatable bonds is 3. The molecule has 0 unspecified atom stereocenters. The van der Waals surface area contributed by atoms with Crippen LogP contribution in [0.15, 0.2) is 30.6 Å². The second-order valence-electron chi connectivity index (χ2n) is 4.07. The predicted molar refractivity (Wildman–Crippen MR) is 67.1 cm³/mol. The molecule has 0 saturated heterocycles. The summed E-state index contributed by atoms with van der Waals surface area (Å²) in [5.74, 6) is 0. The average molecular weight is 215 g/mol. The first-order valence-electron chi connectivity index (χ1n) is 5.58. The van der Waals surface area contributed by atoms with Crippen molar-refractivity contribution in [1.29, 1.82) is 0 Å². The molecule has 1 heterocycles. The first kappa shape index (κ1) is 10.7. The molecule has 0 fully saturated rings. The van der Waals surface area contributed by atoms with Crippen molar-refractivity contribution in [3.8, 4) is 11.1 Å². The molecule has 3 nitrogen and oxygen atoms in total. The summed E-state index contributed by atoms with van der Waals surface area (Å²) < 4.78 is 1.80. The van der Waals surface area contributed by atoms with Gasteiger partial charge in [-0.1, -0.05) is 25.5 Å². The average Bonchev–Trinajstić information content (AvgIpc) is 2.68. The number of benzene rings is 1. The second-order valence-corrected chi connectivity index (χ2v) is 4.07. The maximum atomic E-state index is 6.02. The summed E-state index contributed by atoms with van der Waals surface area (Å²) in [6.45, 7) is 2.16. The molecule has 0 spiro atoms. The van der Waals surface area contributed by atoms with Crippen LogP contribution in [0.4, 0.5) is 5.69 Å². The monoisotopic (exact) mass is 215 g/mol. The molecule has 0 radical (unpaired) electrons. The summed E-state index contributed by atoms with van der Waals surface area (Å²) in [5, 5.41) is 4.16. The van der Waals surface area contributed by atoms with Gasteiger partial charge in [0.25, 0.3) is 0 Å². The molecule has 0 amide bonds. The van der Waals surface area contributed by atoms with Gasteiger partial charge in [-0.2, -0.15) is 5.10 Å². The smallest absolute Gasteiger partial charge is 0.0568 e. The van der Waals surface area contributed by atoms with E-state index in [2.05, 4.69) is 24.2 Å². The molecule has 0 saturated carbocycles. The normalized spacial score (nSPS) is 10.6. The quantitative estimate of drug-likeness (QED) is 0.800. The third kappa shape index (κ3) is 2.08. The van der Waals surface area contributed by atoms with Gasteiger partial charge in [0.15, 0.2) is 0 Å². The van der Waals surface area contributed by atoms with Gasteiger partial charge in [-0.15, -0.1) is 0 Å².